The number of ether oxygens (including phenoxy) is 1. The molecule has 0 aliphatic carbocycles. The molecule has 2 rings (SSSR count). The number of benzene rings is 1. The molecular formula is C18H26N4O3. The first-order chi connectivity index (χ1) is 12.1. The summed E-state index contributed by atoms with van der Waals surface area (Å²) in [6.07, 6.45) is 2.61. The van der Waals surface area contributed by atoms with Crippen LogP contribution in [0.1, 0.15) is 45.3 Å². The molecule has 1 unspecified atom stereocenters. The van der Waals surface area contributed by atoms with Crippen molar-refractivity contribution in [1.82, 2.24) is 20.5 Å². The zero-order chi connectivity index (χ0) is 18.7. The second-order valence-electron chi connectivity index (χ2n) is 5.28. The molecule has 0 saturated carbocycles. The molecule has 2 aromatic rings. The highest BCUT2D eigenvalue weighted by molar-refractivity contribution is 5.63. The van der Waals surface area contributed by atoms with Crippen molar-refractivity contribution in [3.05, 3.63) is 40.3 Å². The summed E-state index contributed by atoms with van der Waals surface area (Å²) in [5.41, 5.74) is 0.843. The number of aromatic amines is 1. The molecule has 1 aromatic heterocycles. The Balaban J connectivity index is 0.000000550. The summed E-state index contributed by atoms with van der Waals surface area (Å²) in [4.78, 5) is 24.2. The second-order valence-corrected chi connectivity index (χ2v) is 5.28. The standard InChI is InChI=1S/C14H18N4O2.C4H8O/c1-4-20-11-8-6-5-7-10(11)13-16-14(19)12(17-18-13)9(2)15-3;1-2-3-4-5/h5-9,15H,4H2,1-3H3,(H,16,18,19);4H,2-3H2,1H3. The molecule has 0 amide bonds. The van der Waals surface area contributed by atoms with E-state index in [1.807, 2.05) is 45.0 Å². The Hall–Kier alpha value is -2.54. The lowest BCUT2D eigenvalue weighted by atomic mass is 10.2. The molecule has 25 heavy (non-hydrogen) atoms. The van der Waals surface area contributed by atoms with Crippen LogP contribution in [0.25, 0.3) is 11.4 Å². The van der Waals surface area contributed by atoms with E-state index in [1.165, 1.54) is 0 Å². The normalized spacial score (nSPS) is 11.2. The summed E-state index contributed by atoms with van der Waals surface area (Å²) in [6.45, 7) is 6.29. The zero-order valence-electron chi connectivity index (χ0n) is 15.2. The van der Waals surface area contributed by atoms with Crippen molar-refractivity contribution in [3.63, 3.8) is 0 Å². The number of nitrogens with one attached hydrogen (secondary N) is 2. The van der Waals surface area contributed by atoms with E-state index < -0.39 is 0 Å². The van der Waals surface area contributed by atoms with Crippen LogP contribution < -0.4 is 15.6 Å². The van der Waals surface area contributed by atoms with Gasteiger partial charge in [0.2, 0.25) is 0 Å². The fourth-order valence-corrected chi connectivity index (χ4v) is 1.95. The zero-order valence-corrected chi connectivity index (χ0v) is 15.2. The Kier molecular flexibility index (Phi) is 9.10. The van der Waals surface area contributed by atoms with Crippen molar-refractivity contribution < 1.29 is 9.53 Å². The van der Waals surface area contributed by atoms with Crippen molar-refractivity contribution in [2.75, 3.05) is 13.7 Å². The maximum atomic E-state index is 12.0. The molecule has 1 heterocycles. The summed E-state index contributed by atoms with van der Waals surface area (Å²) in [7, 11) is 1.77. The molecule has 136 valence electrons. The summed E-state index contributed by atoms with van der Waals surface area (Å²) in [6, 6.07) is 7.26. The van der Waals surface area contributed by atoms with E-state index in [1.54, 1.807) is 7.05 Å². The van der Waals surface area contributed by atoms with Gasteiger partial charge in [-0.1, -0.05) is 19.1 Å². The molecule has 1 aromatic carbocycles. The van der Waals surface area contributed by atoms with E-state index in [-0.39, 0.29) is 11.6 Å². The Morgan fingerprint density at radius 1 is 1.28 bits per heavy atom. The van der Waals surface area contributed by atoms with E-state index in [9.17, 15) is 9.59 Å². The molecule has 0 fully saturated rings. The Labute approximate surface area is 147 Å². The van der Waals surface area contributed by atoms with Gasteiger partial charge in [0, 0.05) is 6.42 Å². The summed E-state index contributed by atoms with van der Waals surface area (Å²) < 4.78 is 5.53. The maximum absolute atomic E-state index is 12.0. The molecule has 0 radical (unpaired) electrons. The number of nitrogens with zero attached hydrogens (tertiary/aromatic N) is 2. The van der Waals surface area contributed by atoms with Crippen molar-refractivity contribution in [3.8, 4) is 17.1 Å². The lowest BCUT2D eigenvalue weighted by Gasteiger charge is -2.10. The summed E-state index contributed by atoms with van der Waals surface area (Å²) >= 11 is 0. The number of aromatic nitrogens is 3. The van der Waals surface area contributed by atoms with E-state index in [0.717, 1.165) is 18.3 Å². The third kappa shape index (κ3) is 6.11. The van der Waals surface area contributed by atoms with Crippen LogP contribution in [0, 0.1) is 0 Å². The van der Waals surface area contributed by atoms with Gasteiger partial charge in [-0.15, -0.1) is 10.2 Å². The van der Waals surface area contributed by atoms with Gasteiger partial charge in [0.05, 0.1) is 18.2 Å². The molecular weight excluding hydrogens is 320 g/mol. The largest absolute Gasteiger partial charge is 0.493 e. The van der Waals surface area contributed by atoms with Crippen LogP contribution in [-0.4, -0.2) is 35.1 Å². The minimum Gasteiger partial charge on any atom is -0.493 e. The maximum Gasteiger partial charge on any atom is 0.274 e. The van der Waals surface area contributed by atoms with Crippen LogP contribution in [0.5, 0.6) is 5.75 Å². The number of aldehydes is 1. The molecule has 7 heteroatoms. The molecule has 2 N–H and O–H groups in total. The van der Waals surface area contributed by atoms with Gasteiger partial charge in [-0.3, -0.25) is 4.79 Å². The molecule has 0 aliphatic rings. The molecule has 0 spiro atoms. The minimum absolute atomic E-state index is 0.151. The van der Waals surface area contributed by atoms with Crippen LogP contribution in [0.3, 0.4) is 0 Å². The number of carbonyl (C=O) groups is 1. The van der Waals surface area contributed by atoms with Crippen molar-refractivity contribution in [1.29, 1.82) is 0 Å². The van der Waals surface area contributed by atoms with E-state index in [2.05, 4.69) is 20.5 Å². The highest BCUT2D eigenvalue weighted by Gasteiger charge is 2.14. The van der Waals surface area contributed by atoms with Crippen LogP contribution in [0.4, 0.5) is 0 Å². The molecule has 0 aliphatic heterocycles. The summed E-state index contributed by atoms with van der Waals surface area (Å²) in [5, 5.41) is 11.1. The summed E-state index contributed by atoms with van der Waals surface area (Å²) in [5.74, 6) is 1.08. The Morgan fingerprint density at radius 2 is 2.00 bits per heavy atom. The topological polar surface area (TPSA) is 97.0 Å². The van der Waals surface area contributed by atoms with Gasteiger partial charge in [-0.2, -0.15) is 0 Å². The fraction of sp³-hybridized carbons (Fsp3) is 0.444. The first-order valence-electron chi connectivity index (χ1n) is 8.38. The van der Waals surface area contributed by atoms with E-state index in [0.29, 0.717) is 30.3 Å². The van der Waals surface area contributed by atoms with Crippen LogP contribution >= 0.6 is 0 Å². The average Bonchev–Trinajstić information content (AvgIpc) is 2.63. The Morgan fingerprint density at radius 3 is 2.52 bits per heavy atom. The molecule has 0 bridgehead atoms. The number of unbranched alkanes of at least 4 members (excludes halogenated alkanes) is 1. The SMILES string of the molecule is CCCC=O.CCOc1ccccc1-c1nnc(C(C)NC)c(=O)[nH]1. The van der Waals surface area contributed by atoms with Gasteiger partial charge in [-0.05, 0) is 39.4 Å². The first kappa shape index (κ1) is 20.5. The first-order valence-corrected chi connectivity index (χ1v) is 8.38. The van der Waals surface area contributed by atoms with Gasteiger partial charge in [0.15, 0.2) is 5.82 Å². The molecule has 0 saturated heterocycles. The third-order valence-electron chi connectivity index (χ3n) is 3.41. The van der Waals surface area contributed by atoms with E-state index >= 15 is 0 Å². The lowest BCUT2D eigenvalue weighted by molar-refractivity contribution is -0.107. The van der Waals surface area contributed by atoms with Gasteiger partial charge in [0.1, 0.15) is 17.7 Å². The number of hydrogen-bond donors (Lipinski definition) is 2. The van der Waals surface area contributed by atoms with Crippen LogP contribution in [0.15, 0.2) is 29.1 Å². The van der Waals surface area contributed by atoms with Gasteiger partial charge in [-0.25, -0.2) is 0 Å². The predicted molar refractivity (Wildman–Crippen MR) is 97.7 cm³/mol. The highest BCUT2D eigenvalue weighted by atomic mass is 16.5. The number of hydrogen-bond acceptors (Lipinski definition) is 6. The quantitative estimate of drug-likeness (QED) is 0.748. The van der Waals surface area contributed by atoms with Crippen molar-refractivity contribution >= 4 is 6.29 Å². The average molecular weight is 346 g/mol. The van der Waals surface area contributed by atoms with Gasteiger partial charge < -0.3 is 19.8 Å². The Bertz CT molecular complexity index is 715. The molecule has 1 atom stereocenters. The van der Waals surface area contributed by atoms with Gasteiger partial charge >= 0.3 is 0 Å². The van der Waals surface area contributed by atoms with Crippen molar-refractivity contribution in [2.45, 2.75) is 39.7 Å². The lowest BCUT2D eigenvalue weighted by Crippen LogP contribution is -2.25. The fourth-order valence-electron chi connectivity index (χ4n) is 1.95. The van der Waals surface area contributed by atoms with Crippen LogP contribution in [0.2, 0.25) is 0 Å². The van der Waals surface area contributed by atoms with Gasteiger partial charge in [0.25, 0.3) is 5.56 Å². The minimum atomic E-state index is -0.247. The number of para-hydroxylation sites is 1. The van der Waals surface area contributed by atoms with Crippen LogP contribution in [-0.2, 0) is 4.79 Å². The number of rotatable bonds is 7. The highest BCUT2D eigenvalue weighted by Crippen LogP contribution is 2.26. The smallest absolute Gasteiger partial charge is 0.274 e. The number of carbonyl (C=O) groups excluding carboxylic acids is 1. The second kappa shape index (κ2) is 11.1. The molecule has 7 nitrogen and oxygen atoms in total. The monoisotopic (exact) mass is 346 g/mol. The third-order valence-corrected chi connectivity index (χ3v) is 3.41. The van der Waals surface area contributed by atoms with Crippen molar-refractivity contribution in [2.24, 2.45) is 0 Å². The number of H-pyrrole nitrogens is 1. The predicted octanol–water partition coefficient (Wildman–Crippen LogP) is 2.50. The van der Waals surface area contributed by atoms with E-state index in [4.69, 9.17) is 4.74 Å².